The second kappa shape index (κ2) is 5.83. The minimum absolute atomic E-state index is 0.0266. The number of hydrogen-bond donors (Lipinski definition) is 3. The van der Waals surface area contributed by atoms with Crippen LogP contribution < -0.4 is 10.0 Å². The van der Waals surface area contributed by atoms with Crippen molar-refractivity contribution >= 4 is 10.0 Å². The molecule has 0 amide bonds. The minimum atomic E-state index is -3.51. The third-order valence-electron chi connectivity index (χ3n) is 3.98. The fourth-order valence-corrected chi connectivity index (χ4v) is 4.08. The van der Waals surface area contributed by atoms with Crippen molar-refractivity contribution in [2.75, 3.05) is 7.05 Å². The van der Waals surface area contributed by atoms with Crippen LogP contribution in [0.3, 0.4) is 0 Å². The molecule has 0 bridgehead atoms. The summed E-state index contributed by atoms with van der Waals surface area (Å²) >= 11 is 0. The van der Waals surface area contributed by atoms with Gasteiger partial charge in [-0.2, -0.15) is 5.10 Å². The third kappa shape index (κ3) is 3.59. The number of aromatic amines is 1. The van der Waals surface area contributed by atoms with Gasteiger partial charge in [-0.05, 0) is 38.1 Å². The van der Waals surface area contributed by atoms with Gasteiger partial charge in [0.15, 0.2) is 5.03 Å². The molecule has 2 rings (SSSR count). The fourth-order valence-electron chi connectivity index (χ4n) is 2.64. The summed E-state index contributed by atoms with van der Waals surface area (Å²) in [6.07, 6.45) is 5.43. The molecule has 0 unspecified atom stereocenters. The number of sulfonamides is 1. The summed E-state index contributed by atoms with van der Waals surface area (Å²) in [6, 6.07) is 0.0266. The Bertz CT molecular complexity index is 540. The lowest BCUT2D eigenvalue weighted by Gasteiger charge is -2.34. The number of aromatic nitrogens is 2. The highest BCUT2D eigenvalue weighted by molar-refractivity contribution is 7.89. The van der Waals surface area contributed by atoms with Crippen LogP contribution in [0.1, 0.15) is 45.1 Å². The van der Waals surface area contributed by atoms with E-state index in [1.165, 1.54) is 0 Å². The Morgan fingerprint density at radius 1 is 1.40 bits per heavy atom. The lowest BCUT2D eigenvalue weighted by molar-refractivity contribution is 0.218. The minimum Gasteiger partial charge on any atom is -0.316 e. The van der Waals surface area contributed by atoms with Crippen molar-refractivity contribution in [1.82, 2.24) is 20.2 Å². The van der Waals surface area contributed by atoms with Gasteiger partial charge in [0.1, 0.15) is 0 Å². The predicted molar refractivity (Wildman–Crippen MR) is 77.7 cm³/mol. The average molecular weight is 300 g/mol. The van der Waals surface area contributed by atoms with Crippen LogP contribution in [-0.4, -0.2) is 31.7 Å². The van der Waals surface area contributed by atoms with E-state index < -0.39 is 10.0 Å². The van der Waals surface area contributed by atoms with Gasteiger partial charge in [0, 0.05) is 18.2 Å². The summed E-state index contributed by atoms with van der Waals surface area (Å²) in [5.41, 5.74) is 0.990. The molecule has 0 spiro atoms. The molecule has 1 fully saturated rings. The molecule has 1 saturated carbocycles. The molecule has 6 nitrogen and oxygen atoms in total. The standard InChI is InChI=1S/C13H24N4O2S/c1-13(2)6-4-11(5-7-13)17-20(18,19)12-10(8-14-3)9-15-16-12/h9,11,14,17H,4-8H2,1-3H3,(H,15,16). The van der Waals surface area contributed by atoms with Gasteiger partial charge in [-0.15, -0.1) is 0 Å². The van der Waals surface area contributed by atoms with Crippen LogP contribution in [0.25, 0.3) is 0 Å². The van der Waals surface area contributed by atoms with Gasteiger partial charge in [-0.1, -0.05) is 13.8 Å². The quantitative estimate of drug-likeness (QED) is 0.766. The van der Waals surface area contributed by atoms with Crippen molar-refractivity contribution < 1.29 is 8.42 Å². The zero-order chi connectivity index (χ0) is 14.8. The van der Waals surface area contributed by atoms with Gasteiger partial charge in [0.2, 0.25) is 0 Å². The second-order valence-corrected chi connectivity index (χ2v) is 7.97. The van der Waals surface area contributed by atoms with Gasteiger partial charge >= 0.3 is 0 Å². The maximum atomic E-state index is 12.4. The molecule has 1 aromatic heterocycles. The number of nitrogens with zero attached hydrogens (tertiary/aromatic N) is 1. The summed E-state index contributed by atoms with van der Waals surface area (Å²) in [7, 11) is -1.74. The van der Waals surface area contributed by atoms with Gasteiger partial charge in [-0.25, -0.2) is 13.1 Å². The molecule has 3 N–H and O–H groups in total. The average Bonchev–Trinajstić information content (AvgIpc) is 2.81. The fraction of sp³-hybridized carbons (Fsp3) is 0.769. The van der Waals surface area contributed by atoms with E-state index >= 15 is 0 Å². The highest BCUT2D eigenvalue weighted by Crippen LogP contribution is 2.35. The van der Waals surface area contributed by atoms with E-state index in [2.05, 4.69) is 34.1 Å². The van der Waals surface area contributed by atoms with Crippen LogP contribution in [0.2, 0.25) is 0 Å². The number of rotatable bonds is 5. The first-order valence-corrected chi connectivity index (χ1v) is 8.51. The number of H-pyrrole nitrogens is 1. The van der Waals surface area contributed by atoms with E-state index in [9.17, 15) is 8.42 Å². The van der Waals surface area contributed by atoms with E-state index in [4.69, 9.17) is 0 Å². The number of hydrogen-bond acceptors (Lipinski definition) is 4. The molecule has 1 aliphatic rings. The van der Waals surface area contributed by atoms with Crippen LogP contribution in [0.5, 0.6) is 0 Å². The Labute approximate surface area is 120 Å². The summed E-state index contributed by atoms with van der Waals surface area (Å²) in [4.78, 5) is 0. The van der Waals surface area contributed by atoms with E-state index in [0.717, 1.165) is 25.7 Å². The third-order valence-corrected chi connectivity index (χ3v) is 5.51. The van der Waals surface area contributed by atoms with Crippen molar-refractivity contribution in [1.29, 1.82) is 0 Å². The van der Waals surface area contributed by atoms with Crippen LogP contribution in [0, 0.1) is 5.41 Å². The maximum absolute atomic E-state index is 12.4. The first-order chi connectivity index (χ1) is 9.34. The molecule has 1 heterocycles. The van der Waals surface area contributed by atoms with E-state index in [1.807, 2.05) is 0 Å². The molecule has 0 saturated heterocycles. The van der Waals surface area contributed by atoms with Crippen LogP contribution in [0.15, 0.2) is 11.2 Å². The lowest BCUT2D eigenvalue weighted by atomic mass is 9.76. The van der Waals surface area contributed by atoms with Crippen LogP contribution in [0.4, 0.5) is 0 Å². The normalized spacial score (nSPS) is 20.1. The van der Waals surface area contributed by atoms with Crippen LogP contribution in [-0.2, 0) is 16.6 Å². The van der Waals surface area contributed by atoms with E-state index in [1.54, 1.807) is 13.2 Å². The molecule has 0 aromatic carbocycles. The van der Waals surface area contributed by atoms with Gasteiger partial charge in [0.05, 0.1) is 6.20 Å². The van der Waals surface area contributed by atoms with E-state index in [-0.39, 0.29) is 11.1 Å². The summed E-state index contributed by atoms with van der Waals surface area (Å²) in [5.74, 6) is 0. The van der Waals surface area contributed by atoms with Gasteiger partial charge < -0.3 is 5.32 Å². The molecule has 0 aliphatic heterocycles. The zero-order valence-corrected chi connectivity index (χ0v) is 13.2. The predicted octanol–water partition coefficient (Wildman–Crippen LogP) is 1.38. The summed E-state index contributed by atoms with van der Waals surface area (Å²) in [5, 5.41) is 9.56. The van der Waals surface area contributed by atoms with Gasteiger partial charge in [-0.3, -0.25) is 5.10 Å². The lowest BCUT2D eigenvalue weighted by Crippen LogP contribution is -2.39. The van der Waals surface area contributed by atoms with Crippen LogP contribution >= 0.6 is 0 Å². The Morgan fingerprint density at radius 2 is 2.05 bits per heavy atom. The Hall–Kier alpha value is -0.920. The SMILES string of the molecule is CNCc1cn[nH]c1S(=O)(=O)NC1CCC(C)(C)CC1. The Balaban J connectivity index is 2.06. The molecular formula is C13H24N4O2S. The molecule has 0 atom stereocenters. The van der Waals surface area contributed by atoms with Crippen molar-refractivity contribution in [2.24, 2.45) is 5.41 Å². The highest BCUT2D eigenvalue weighted by Gasteiger charge is 2.30. The molecule has 20 heavy (non-hydrogen) atoms. The maximum Gasteiger partial charge on any atom is 0.258 e. The summed E-state index contributed by atoms with van der Waals surface area (Å²) < 4.78 is 27.6. The molecule has 0 radical (unpaired) electrons. The first kappa shape index (κ1) is 15.5. The largest absolute Gasteiger partial charge is 0.316 e. The Kier molecular flexibility index (Phi) is 4.51. The van der Waals surface area contributed by atoms with Crippen molar-refractivity contribution in [3.05, 3.63) is 11.8 Å². The Morgan fingerprint density at radius 3 is 2.65 bits per heavy atom. The zero-order valence-electron chi connectivity index (χ0n) is 12.4. The van der Waals surface area contributed by atoms with Crippen molar-refractivity contribution in [3.63, 3.8) is 0 Å². The van der Waals surface area contributed by atoms with Gasteiger partial charge in [0.25, 0.3) is 10.0 Å². The molecule has 114 valence electrons. The monoisotopic (exact) mass is 300 g/mol. The highest BCUT2D eigenvalue weighted by atomic mass is 32.2. The number of nitrogens with one attached hydrogen (secondary N) is 3. The molecule has 7 heteroatoms. The summed E-state index contributed by atoms with van der Waals surface area (Å²) in [6.45, 7) is 4.94. The second-order valence-electron chi connectivity index (χ2n) is 6.31. The smallest absolute Gasteiger partial charge is 0.258 e. The molecular weight excluding hydrogens is 276 g/mol. The van der Waals surface area contributed by atoms with Crippen molar-refractivity contribution in [3.8, 4) is 0 Å². The molecule has 1 aliphatic carbocycles. The molecule has 1 aromatic rings. The first-order valence-electron chi connectivity index (χ1n) is 7.03. The van der Waals surface area contributed by atoms with Crippen molar-refractivity contribution in [2.45, 2.75) is 57.1 Å². The topological polar surface area (TPSA) is 86.9 Å². The van der Waals surface area contributed by atoms with E-state index in [0.29, 0.717) is 17.5 Å².